The van der Waals surface area contributed by atoms with Gasteiger partial charge < -0.3 is 15.5 Å². The molecule has 1 saturated heterocycles. The summed E-state index contributed by atoms with van der Waals surface area (Å²) in [6.45, 7) is 2.34. The minimum absolute atomic E-state index is 0.104. The van der Waals surface area contributed by atoms with Crippen molar-refractivity contribution in [1.82, 2.24) is 5.32 Å². The van der Waals surface area contributed by atoms with Gasteiger partial charge in [0.15, 0.2) is 0 Å². The van der Waals surface area contributed by atoms with E-state index in [1.54, 1.807) is 0 Å². The van der Waals surface area contributed by atoms with Crippen molar-refractivity contribution < 1.29 is 10.2 Å². The monoisotopic (exact) mass is 145 g/mol. The van der Waals surface area contributed by atoms with Gasteiger partial charge in [-0.25, -0.2) is 0 Å². The molecule has 10 heavy (non-hydrogen) atoms. The van der Waals surface area contributed by atoms with Crippen molar-refractivity contribution in [2.24, 2.45) is 11.8 Å². The summed E-state index contributed by atoms with van der Waals surface area (Å²) in [5.74, 6) is 0.788. The lowest BCUT2D eigenvalue weighted by molar-refractivity contribution is 0.119. The van der Waals surface area contributed by atoms with Crippen LogP contribution in [0.25, 0.3) is 0 Å². The van der Waals surface area contributed by atoms with Crippen molar-refractivity contribution in [3.05, 3.63) is 0 Å². The van der Waals surface area contributed by atoms with Crippen LogP contribution >= 0.6 is 0 Å². The summed E-state index contributed by atoms with van der Waals surface area (Å²) in [4.78, 5) is 0. The molecule has 0 spiro atoms. The van der Waals surface area contributed by atoms with Gasteiger partial charge >= 0.3 is 0 Å². The van der Waals surface area contributed by atoms with E-state index < -0.39 is 0 Å². The molecule has 0 aromatic carbocycles. The van der Waals surface area contributed by atoms with Crippen LogP contribution in [-0.2, 0) is 0 Å². The Balaban J connectivity index is 2.08. The van der Waals surface area contributed by atoms with Crippen LogP contribution in [0.3, 0.4) is 0 Å². The van der Waals surface area contributed by atoms with Gasteiger partial charge in [-0.15, -0.1) is 0 Å². The van der Waals surface area contributed by atoms with Crippen LogP contribution in [0.5, 0.6) is 0 Å². The SMILES string of the molecule is OCC(CO)CC1CNC1. The molecular weight excluding hydrogens is 130 g/mol. The molecule has 0 saturated carbocycles. The second kappa shape index (κ2) is 3.91. The highest BCUT2D eigenvalue weighted by Crippen LogP contribution is 2.14. The topological polar surface area (TPSA) is 52.5 Å². The van der Waals surface area contributed by atoms with E-state index >= 15 is 0 Å². The fourth-order valence-corrected chi connectivity index (χ4v) is 1.19. The summed E-state index contributed by atoms with van der Waals surface area (Å²) >= 11 is 0. The summed E-state index contributed by atoms with van der Waals surface area (Å²) in [6, 6.07) is 0. The first-order chi connectivity index (χ1) is 4.86. The maximum Gasteiger partial charge on any atom is 0.0481 e. The van der Waals surface area contributed by atoms with Gasteiger partial charge in [-0.3, -0.25) is 0 Å². The van der Waals surface area contributed by atoms with Crippen molar-refractivity contribution in [1.29, 1.82) is 0 Å². The summed E-state index contributed by atoms with van der Waals surface area (Å²) in [5, 5.41) is 20.6. The van der Waals surface area contributed by atoms with E-state index in [4.69, 9.17) is 10.2 Å². The van der Waals surface area contributed by atoms with Crippen LogP contribution in [0.4, 0.5) is 0 Å². The average Bonchev–Trinajstić information content (AvgIpc) is 1.87. The molecule has 60 valence electrons. The molecule has 0 aromatic heterocycles. The highest BCUT2D eigenvalue weighted by Gasteiger charge is 2.20. The third-order valence-electron chi connectivity index (χ3n) is 2.05. The van der Waals surface area contributed by atoms with Crippen LogP contribution in [0, 0.1) is 11.8 Å². The molecule has 1 heterocycles. The summed E-state index contributed by atoms with van der Waals surface area (Å²) in [5.41, 5.74) is 0. The molecule has 1 aliphatic rings. The van der Waals surface area contributed by atoms with Gasteiger partial charge in [-0.05, 0) is 25.4 Å². The van der Waals surface area contributed by atoms with E-state index in [1.807, 2.05) is 0 Å². The lowest BCUT2D eigenvalue weighted by Crippen LogP contribution is -2.43. The van der Waals surface area contributed by atoms with Crippen LogP contribution in [0.2, 0.25) is 0 Å². The van der Waals surface area contributed by atoms with Crippen molar-refractivity contribution in [2.45, 2.75) is 6.42 Å². The maximum absolute atomic E-state index is 8.71. The van der Waals surface area contributed by atoms with E-state index in [1.165, 1.54) is 0 Å². The van der Waals surface area contributed by atoms with E-state index in [0.29, 0.717) is 5.92 Å². The second-order valence-electron chi connectivity index (χ2n) is 2.99. The normalized spacial score (nSPS) is 19.5. The van der Waals surface area contributed by atoms with E-state index in [9.17, 15) is 0 Å². The fourth-order valence-electron chi connectivity index (χ4n) is 1.19. The van der Waals surface area contributed by atoms with Crippen molar-refractivity contribution in [3.8, 4) is 0 Å². The Bertz CT molecular complexity index is 89.6. The molecule has 1 rings (SSSR count). The molecule has 1 fully saturated rings. The molecule has 0 atom stereocenters. The minimum Gasteiger partial charge on any atom is -0.396 e. The Morgan fingerprint density at radius 1 is 1.30 bits per heavy atom. The summed E-state index contributed by atoms with van der Waals surface area (Å²) in [6.07, 6.45) is 0.958. The number of hydrogen-bond donors (Lipinski definition) is 3. The molecular formula is C7H15NO2. The van der Waals surface area contributed by atoms with Crippen molar-refractivity contribution >= 4 is 0 Å². The molecule has 0 aliphatic carbocycles. The zero-order chi connectivity index (χ0) is 7.40. The van der Waals surface area contributed by atoms with E-state index in [2.05, 4.69) is 5.32 Å². The zero-order valence-corrected chi connectivity index (χ0v) is 6.08. The standard InChI is InChI=1S/C7H15NO2/c9-4-7(5-10)1-6-2-8-3-6/h6-10H,1-5H2. The van der Waals surface area contributed by atoms with Crippen molar-refractivity contribution in [3.63, 3.8) is 0 Å². The quantitative estimate of drug-likeness (QED) is 0.485. The molecule has 3 N–H and O–H groups in total. The third-order valence-corrected chi connectivity index (χ3v) is 2.05. The van der Waals surface area contributed by atoms with E-state index in [0.717, 1.165) is 19.5 Å². The number of nitrogens with one attached hydrogen (secondary N) is 1. The minimum atomic E-state index is 0.104. The van der Waals surface area contributed by atoms with Gasteiger partial charge in [0.05, 0.1) is 0 Å². The summed E-state index contributed by atoms with van der Waals surface area (Å²) < 4.78 is 0. The first-order valence-corrected chi connectivity index (χ1v) is 3.79. The Morgan fingerprint density at radius 3 is 2.20 bits per heavy atom. The molecule has 0 unspecified atom stereocenters. The smallest absolute Gasteiger partial charge is 0.0481 e. The molecule has 0 aromatic rings. The lowest BCUT2D eigenvalue weighted by atomic mass is 9.91. The zero-order valence-electron chi connectivity index (χ0n) is 6.08. The predicted octanol–water partition coefficient (Wildman–Crippen LogP) is -0.803. The molecule has 3 nitrogen and oxygen atoms in total. The van der Waals surface area contributed by atoms with Gasteiger partial charge in [0, 0.05) is 19.1 Å². The van der Waals surface area contributed by atoms with Crippen molar-refractivity contribution in [2.75, 3.05) is 26.3 Å². The van der Waals surface area contributed by atoms with Gasteiger partial charge in [0.25, 0.3) is 0 Å². The van der Waals surface area contributed by atoms with Gasteiger partial charge in [-0.2, -0.15) is 0 Å². The molecule has 0 radical (unpaired) electrons. The van der Waals surface area contributed by atoms with Gasteiger partial charge in [0.2, 0.25) is 0 Å². The molecule has 3 heteroatoms. The first kappa shape index (κ1) is 7.98. The predicted molar refractivity (Wildman–Crippen MR) is 38.6 cm³/mol. The number of aliphatic hydroxyl groups is 2. The number of hydrogen-bond acceptors (Lipinski definition) is 3. The second-order valence-corrected chi connectivity index (χ2v) is 2.99. The Kier molecular flexibility index (Phi) is 3.12. The van der Waals surface area contributed by atoms with Crippen LogP contribution in [-0.4, -0.2) is 36.5 Å². The highest BCUT2D eigenvalue weighted by molar-refractivity contribution is 4.76. The number of aliphatic hydroxyl groups excluding tert-OH is 2. The molecule has 1 aliphatic heterocycles. The maximum atomic E-state index is 8.71. The highest BCUT2D eigenvalue weighted by atomic mass is 16.3. The van der Waals surface area contributed by atoms with Gasteiger partial charge in [0.1, 0.15) is 0 Å². The van der Waals surface area contributed by atoms with E-state index in [-0.39, 0.29) is 19.1 Å². The van der Waals surface area contributed by atoms with Gasteiger partial charge in [-0.1, -0.05) is 0 Å². The van der Waals surface area contributed by atoms with Crippen LogP contribution in [0.15, 0.2) is 0 Å². The first-order valence-electron chi connectivity index (χ1n) is 3.79. The summed E-state index contributed by atoms with van der Waals surface area (Å²) in [7, 11) is 0. The third kappa shape index (κ3) is 1.94. The number of rotatable bonds is 4. The van der Waals surface area contributed by atoms with Crippen LogP contribution < -0.4 is 5.32 Å². The average molecular weight is 145 g/mol. The Hall–Kier alpha value is -0.120. The lowest BCUT2D eigenvalue weighted by Gasteiger charge is -2.29. The molecule has 0 amide bonds. The Labute approximate surface area is 61.1 Å². The Morgan fingerprint density at radius 2 is 1.90 bits per heavy atom. The van der Waals surface area contributed by atoms with Crippen LogP contribution in [0.1, 0.15) is 6.42 Å². The molecule has 0 bridgehead atoms. The fraction of sp³-hybridized carbons (Fsp3) is 1.00. The largest absolute Gasteiger partial charge is 0.396 e.